The Labute approximate surface area is 235 Å². The Morgan fingerprint density at radius 1 is 1.08 bits per heavy atom. The molecule has 0 radical (unpaired) electrons. The van der Waals surface area contributed by atoms with Gasteiger partial charge in [-0.3, -0.25) is 14.2 Å². The van der Waals surface area contributed by atoms with Crippen LogP contribution in [-0.2, 0) is 0 Å². The van der Waals surface area contributed by atoms with Crippen LogP contribution in [0, 0.1) is 5.82 Å². The van der Waals surface area contributed by atoms with E-state index in [1.54, 1.807) is 35.2 Å². The normalized spacial score (nSPS) is 11.8. The lowest BCUT2D eigenvalue weighted by molar-refractivity contribution is 0.0677. The van der Waals surface area contributed by atoms with Gasteiger partial charge in [-0.2, -0.15) is 0 Å². The van der Waals surface area contributed by atoms with Crippen LogP contribution in [0.25, 0.3) is 16.6 Å². The van der Waals surface area contributed by atoms with Crippen molar-refractivity contribution in [1.82, 2.24) is 14.5 Å². The van der Waals surface area contributed by atoms with Crippen LogP contribution in [-0.4, -0.2) is 41.1 Å². The zero-order valence-electron chi connectivity index (χ0n) is 22.4. The molecule has 1 aromatic heterocycles. The van der Waals surface area contributed by atoms with Crippen molar-refractivity contribution in [2.75, 3.05) is 20.8 Å². The summed E-state index contributed by atoms with van der Waals surface area (Å²) in [6.45, 7) is 4.38. The predicted octanol–water partition coefficient (Wildman–Crippen LogP) is 6.70. The van der Waals surface area contributed by atoms with Crippen molar-refractivity contribution in [2.45, 2.75) is 39.2 Å². The van der Waals surface area contributed by atoms with Crippen LogP contribution in [0.3, 0.4) is 0 Å². The van der Waals surface area contributed by atoms with Gasteiger partial charge in [0.05, 0.1) is 41.3 Å². The summed E-state index contributed by atoms with van der Waals surface area (Å²) in [4.78, 5) is 34.4. The van der Waals surface area contributed by atoms with Gasteiger partial charge in [-0.15, -0.1) is 0 Å². The van der Waals surface area contributed by atoms with E-state index in [1.807, 2.05) is 13.0 Å². The van der Waals surface area contributed by atoms with E-state index in [2.05, 4.69) is 22.9 Å². The Balaban J connectivity index is 1.96. The summed E-state index contributed by atoms with van der Waals surface area (Å²) in [5.74, 6) is 0.659. The van der Waals surface area contributed by atoms with E-state index in [1.165, 1.54) is 43.1 Å². The van der Waals surface area contributed by atoms with Crippen LogP contribution in [0.2, 0.25) is 0 Å². The first kappa shape index (κ1) is 28.3. The number of fused-ring (bicyclic) bond motifs is 1. The second-order valence-electron chi connectivity index (χ2n) is 9.18. The molecular formula is C30H31BrFN3O4. The van der Waals surface area contributed by atoms with Crippen molar-refractivity contribution in [3.8, 4) is 17.2 Å². The van der Waals surface area contributed by atoms with Crippen LogP contribution >= 0.6 is 15.9 Å². The number of para-hydroxylation sites is 1. The van der Waals surface area contributed by atoms with Crippen LogP contribution in [0.15, 0.2) is 69.9 Å². The molecule has 1 atom stereocenters. The maximum atomic E-state index is 14.0. The Bertz CT molecular complexity index is 1540. The average Bonchev–Trinajstić information content (AvgIpc) is 2.95. The van der Waals surface area contributed by atoms with Crippen molar-refractivity contribution in [2.24, 2.45) is 0 Å². The molecule has 0 spiro atoms. The maximum absolute atomic E-state index is 14.0. The molecule has 4 rings (SSSR count). The first-order valence-corrected chi connectivity index (χ1v) is 13.6. The van der Waals surface area contributed by atoms with E-state index >= 15 is 0 Å². The fraction of sp³-hybridized carbons (Fsp3) is 0.300. The molecule has 0 bridgehead atoms. The standard InChI is InChI=1S/C30H31BrFN3O4/c1-5-6-9-16-34(29(36)20-12-14-21(32)15-13-20)19(2)28-33-24-11-8-7-10-23(24)30(37)35(28)25-17-22(38-3)18-26(39-4)27(25)31/h7-8,10-15,17-19H,5-6,9,16H2,1-4H3. The first-order valence-electron chi connectivity index (χ1n) is 12.8. The number of nitrogens with zero attached hydrogens (tertiary/aromatic N) is 3. The van der Waals surface area contributed by atoms with Crippen LogP contribution in [0.5, 0.6) is 11.5 Å². The predicted molar refractivity (Wildman–Crippen MR) is 154 cm³/mol. The molecule has 1 unspecified atom stereocenters. The van der Waals surface area contributed by atoms with Gasteiger partial charge in [-0.05, 0) is 65.7 Å². The van der Waals surface area contributed by atoms with Crippen molar-refractivity contribution in [3.63, 3.8) is 0 Å². The number of benzene rings is 3. The molecule has 0 N–H and O–H groups in total. The molecule has 0 saturated carbocycles. The number of ether oxygens (including phenoxy) is 2. The topological polar surface area (TPSA) is 73.7 Å². The molecule has 3 aromatic carbocycles. The lowest BCUT2D eigenvalue weighted by Crippen LogP contribution is -2.38. The minimum atomic E-state index is -0.610. The summed E-state index contributed by atoms with van der Waals surface area (Å²) < 4.78 is 26.7. The lowest BCUT2D eigenvalue weighted by atomic mass is 10.1. The number of hydrogen-bond acceptors (Lipinski definition) is 5. The molecule has 0 aliphatic carbocycles. The van der Waals surface area contributed by atoms with Crippen LogP contribution < -0.4 is 15.0 Å². The van der Waals surface area contributed by atoms with Crippen LogP contribution in [0.1, 0.15) is 55.3 Å². The molecular weight excluding hydrogens is 565 g/mol. The van der Waals surface area contributed by atoms with E-state index in [4.69, 9.17) is 14.5 Å². The van der Waals surface area contributed by atoms with E-state index in [0.717, 1.165) is 19.3 Å². The summed E-state index contributed by atoms with van der Waals surface area (Å²) in [5.41, 5.74) is 1.06. The Kier molecular flexibility index (Phi) is 9.01. The minimum absolute atomic E-state index is 0.269. The fourth-order valence-corrected chi connectivity index (χ4v) is 5.12. The average molecular weight is 596 g/mol. The number of carbonyl (C=O) groups is 1. The van der Waals surface area contributed by atoms with Crippen molar-refractivity contribution >= 4 is 32.7 Å². The third kappa shape index (κ3) is 5.83. The number of rotatable bonds is 10. The molecule has 7 nitrogen and oxygen atoms in total. The number of aromatic nitrogens is 2. The van der Waals surface area contributed by atoms with Gasteiger partial charge >= 0.3 is 0 Å². The summed E-state index contributed by atoms with van der Waals surface area (Å²) in [6, 6.07) is 15.4. The Morgan fingerprint density at radius 2 is 1.79 bits per heavy atom. The molecule has 0 fully saturated rings. The Morgan fingerprint density at radius 3 is 2.46 bits per heavy atom. The molecule has 4 aromatic rings. The highest BCUT2D eigenvalue weighted by atomic mass is 79.9. The number of amides is 1. The highest BCUT2D eigenvalue weighted by Gasteiger charge is 2.28. The quantitative estimate of drug-likeness (QED) is 0.191. The monoisotopic (exact) mass is 595 g/mol. The molecule has 1 amide bonds. The van der Waals surface area contributed by atoms with Gasteiger partial charge in [-0.25, -0.2) is 9.37 Å². The van der Waals surface area contributed by atoms with Crippen LogP contribution in [0.4, 0.5) is 4.39 Å². The molecule has 39 heavy (non-hydrogen) atoms. The fourth-order valence-electron chi connectivity index (χ4n) is 4.55. The van der Waals surface area contributed by atoms with E-state index in [9.17, 15) is 14.0 Å². The second kappa shape index (κ2) is 12.4. The smallest absolute Gasteiger partial charge is 0.266 e. The Hall–Kier alpha value is -3.72. The maximum Gasteiger partial charge on any atom is 0.266 e. The molecule has 0 aliphatic heterocycles. The third-order valence-electron chi connectivity index (χ3n) is 6.69. The van der Waals surface area contributed by atoms with Gasteiger partial charge in [0.2, 0.25) is 0 Å². The number of hydrogen-bond donors (Lipinski definition) is 0. The van der Waals surface area contributed by atoms with E-state index in [-0.39, 0.29) is 11.5 Å². The largest absolute Gasteiger partial charge is 0.497 e. The highest BCUT2D eigenvalue weighted by Crippen LogP contribution is 2.37. The molecule has 1 heterocycles. The second-order valence-corrected chi connectivity index (χ2v) is 9.97. The van der Waals surface area contributed by atoms with Gasteiger partial charge in [0.15, 0.2) is 0 Å². The van der Waals surface area contributed by atoms with Crippen molar-refractivity contribution in [3.05, 3.63) is 92.7 Å². The van der Waals surface area contributed by atoms with Gasteiger partial charge in [0.25, 0.3) is 11.5 Å². The number of carbonyl (C=O) groups excluding carboxylic acids is 1. The van der Waals surface area contributed by atoms with Gasteiger partial charge in [0, 0.05) is 24.2 Å². The van der Waals surface area contributed by atoms with Gasteiger partial charge in [0.1, 0.15) is 23.1 Å². The molecule has 0 aliphatic rings. The minimum Gasteiger partial charge on any atom is -0.497 e. The third-order valence-corrected chi connectivity index (χ3v) is 7.48. The SMILES string of the molecule is CCCCCN(C(=O)c1ccc(F)cc1)C(C)c1nc2ccccc2c(=O)n1-c1cc(OC)cc(OC)c1Br. The number of unbranched alkanes of at least 4 members (excludes halogenated alkanes) is 2. The number of halogens is 2. The van der Waals surface area contributed by atoms with E-state index < -0.39 is 11.9 Å². The van der Waals surface area contributed by atoms with Gasteiger partial charge in [-0.1, -0.05) is 31.9 Å². The van der Waals surface area contributed by atoms with E-state index in [0.29, 0.717) is 50.5 Å². The summed E-state index contributed by atoms with van der Waals surface area (Å²) >= 11 is 3.60. The summed E-state index contributed by atoms with van der Waals surface area (Å²) in [5, 5.41) is 0.435. The molecule has 0 saturated heterocycles. The summed E-state index contributed by atoms with van der Waals surface area (Å²) in [6.07, 6.45) is 2.67. The molecule has 204 valence electrons. The lowest BCUT2D eigenvalue weighted by Gasteiger charge is -2.31. The van der Waals surface area contributed by atoms with Gasteiger partial charge < -0.3 is 14.4 Å². The highest BCUT2D eigenvalue weighted by molar-refractivity contribution is 9.10. The number of methoxy groups -OCH3 is 2. The molecule has 9 heteroatoms. The van der Waals surface area contributed by atoms with Crippen molar-refractivity contribution in [1.29, 1.82) is 0 Å². The van der Waals surface area contributed by atoms with Crippen molar-refractivity contribution < 1.29 is 18.7 Å². The summed E-state index contributed by atoms with van der Waals surface area (Å²) in [7, 11) is 3.07. The zero-order chi connectivity index (χ0) is 28.1. The first-order chi connectivity index (χ1) is 18.8. The zero-order valence-corrected chi connectivity index (χ0v) is 24.0.